The van der Waals surface area contributed by atoms with Gasteiger partial charge >= 0.3 is 5.97 Å². The maximum atomic E-state index is 12.2. The summed E-state index contributed by atoms with van der Waals surface area (Å²) in [6, 6.07) is 3.23. The zero-order valence-electron chi connectivity index (χ0n) is 11.6. The summed E-state index contributed by atoms with van der Waals surface area (Å²) in [5, 5.41) is 14.0. The molecule has 3 aromatic rings. The average Bonchev–Trinajstić information content (AvgIpc) is 3.00. The minimum atomic E-state index is -1.15. The van der Waals surface area contributed by atoms with Gasteiger partial charge < -0.3 is 10.4 Å². The molecule has 0 saturated heterocycles. The highest BCUT2D eigenvalue weighted by atomic mass is 32.1. The Balaban J connectivity index is 1.96. The predicted molar refractivity (Wildman–Crippen MR) is 84.5 cm³/mol. The van der Waals surface area contributed by atoms with E-state index in [2.05, 4.69) is 20.3 Å². The number of carbonyl (C=O) groups excluding carboxylic acids is 1. The first kappa shape index (κ1) is 14.8. The van der Waals surface area contributed by atoms with Crippen molar-refractivity contribution >= 4 is 28.2 Å². The number of carbonyl (C=O) groups is 2. The van der Waals surface area contributed by atoms with Crippen molar-refractivity contribution in [3.05, 3.63) is 59.6 Å². The molecule has 0 spiro atoms. The van der Waals surface area contributed by atoms with Crippen molar-refractivity contribution in [1.29, 1.82) is 0 Å². The average molecular weight is 326 g/mol. The molecule has 0 unspecified atom stereocenters. The predicted octanol–water partition coefficient (Wildman–Crippen LogP) is 2.55. The normalized spacial score (nSPS) is 10.3. The van der Waals surface area contributed by atoms with E-state index in [1.807, 2.05) is 0 Å². The van der Waals surface area contributed by atoms with Crippen molar-refractivity contribution in [3.8, 4) is 11.3 Å². The SMILES string of the molecule is O=C(Nc1scc(-c2cnccn2)c1C(=O)O)c1cccnc1. The van der Waals surface area contributed by atoms with E-state index in [4.69, 9.17) is 0 Å². The zero-order valence-corrected chi connectivity index (χ0v) is 12.4. The molecule has 8 heteroatoms. The Morgan fingerprint density at radius 2 is 1.96 bits per heavy atom. The largest absolute Gasteiger partial charge is 0.478 e. The summed E-state index contributed by atoms with van der Waals surface area (Å²) in [6.45, 7) is 0. The van der Waals surface area contributed by atoms with Gasteiger partial charge in [0.1, 0.15) is 10.6 Å². The molecule has 3 rings (SSSR count). The van der Waals surface area contributed by atoms with Gasteiger partial charge in [-0.25, -0.2) is 4.79 Å². The van der Waals surface area contributed by atoms with Crippen molar-refractivity contribution in [2.75, 3.05) is 5.32 Å². The highest BCUT2D eigenvalue weighted by Gasteiger charge is 2.22. The molecule has 0 atom stereocenters. The maximum Gasteiger partial charge on any atom is 0.339 e. The Labute approximate surface area is 134 Å². The first-order valence-electron chi connectivity index (χ1n) is 6.49. The zero-order chi connectivity index (χ0) is 16.2. The van der Waals surface area contributed by atoms with E-state index < -0.39 is 11.9 Å². The second kappa shape index (κ2) is 6.32. The van der Waals surface area contributed by atoms with Crippen LogP contribution in [0, 0.1) is 0 Å². The van der Waals surface area contributed by atoms with Crippen LogP contribution in [0.25, 0.3) is 11.3 Å². The fourth-order valence-electron chi connectivity index (χ4n) is 1.96. The number of aromatic carboxylic acids is 1. The summed E-state index contributed by atoms with van der Waals surface area (Å²) in [7, 11) is 0. The van der Waals surface area contributed by atoms with E-state index in [1.165, 1.54) is 24.8 Å². The van der Waals surface area contributed by atoms with Gasteiger partial charge in [-0.1, -0.05) is 0 Å². The van der Waals surface area contributed by atoms with Crippen molar-refractivity contribution < 1.29 is 14.7 Å². The van der Waals surface area contributed by atoms with Gasteiger partial charge in [-0.15, -0.1) is 11.3 Å². The van der Waals surface area contributed by atoms with Gasteiger partial charge in [0, 0.05) is 35.7 Å². The van der Waals surface area contributed by atoms with Gasteiger partial charge in [0.15, 0.2) is 0 Å². The number of rotatable bonds is 4. The van der Waals surface area contributed by atoms with E-state index in [0.717, 1.165) is 11.3 Å². The van der Waals surface area contributed by atoms with Crippen LogP contribution in [0.15, 0.2) is 48.5 Å². The third-order valence-electron chi connectivity index (χ3n) is 2.99. The molecule has 0 aliphatic rings. The number of thiophene rings is 1. The number of anilines is 1. The standard InChI is InChI=1S/C15H10N4O3S/c20-13(9-2-1-3-16-6-9)19-14-12(15(21)22)10(8-23-14)11-7-17-4-5-18-11/h1-8H,(H,19,20)(H,21,22). The summed E-state index contributed by atoms with van der Waals surface area (Å²) >= 11 is 1.12. The fourth-order valence-corrected chi connectivity index (χ4v) is 2.90. The van der Waals surface area contributed by atoms with E-state index in [9.17, 15) is 14.7 Å². The lowest BCUT2D eigenvalue weighted by atomic mass is 10.1. The third kappa shape index (κ3) is 3.06. The quantitative estimate of drug-likeness (QED) is 0.763. The molecule has 3 heterocycles. The monoisotopic (exact) mass is 326 g/mol. The van der Waals surface area contributed by atoms with Crippen LogP contribution in [-0.4, -0.2) is 31.9 Å². The van der Waals surface area contributed by atoms with Crippen LogP contribution in [0.1, 0.15) is 20.7 Å². The van der Waals surface area contributed by atoms with Crippen LogP contribution in [-0.2, 0) is 0 Å². The molecule has 2 N–H and O–H groups in total. The Hall–Kier alpha value is -3.13. The topological polar surface area (TPSA) is 105 Å². The van der Waals surface area contributed by atoms with Crippen molar-refractivity contribution in [2.24, 2.45) is 0 Å². The molecule has 3 aromatic heterocycles. The van der Waals surface area contributed by atoms with Crippen molar-refractivity contribution in [2.45, 2.75) is 0 Å². The van der Waals surface area contributed by atoms with Gasteiger partial charge in [0.2, 0.25) is 0 Å². The summed E-state index contributed by atoms with van der Waals surface area (Å²) < 4.78 is 0. The van der Waals surface area contributed by atoms with Gasteiger partial charge in [-0.05, 0) is 12.1 Å². The lowest BCUT2D eigenvalue weighted by Gasteiger charge is -2.05. The third-order valence-corrected chi connectivity index (χ3v) is 3.89. The summed E-state index contributed by atoms with van der Waals surface area (Å²) in [5.41, 5.74) is 1.19. The molecule has 0 aromatic carbocycles. The van der Waals surface area contributed by atoms with Gasteiger partial charge in [0.05, 0.1) is 17.5 Å². The Morgan fingerprint density at radius 1 is 1.13 bits per heavy atom. The molecule has 1 amide bonds. The summed E-state index contributed by atoms with van der Waals surface area (Å²) in [5.74, 6) is -1.57. The fraction of sp³-hybridized carbons (Fsp3) is 0. The number of hydrogen-bond acceptors (Lipinski definition) is 6. The maximum absolute atomic E-state index is 12.2. The molecule has 23 heavy (non-hydrogen) atoms. The molecule has 0 bridgehead atoms. The van der Waals surface area contributed by atoms with E-state index in [1.54, 1.807) is 23.7 Å². The smallest absolute Gasteiger partial charge is 0.339 e. The molecule has 0 aliphatic carbocycles. The van der Waals surface area contributed by atoms with Crippen molar-refractivity contribution in [3.63, 3.8) is 0 Å². The Kier molecular flexibility index (Phi) is 4.07. The van der Waals surface area contributed by atoms with Crippen LogP contribution < -0.4 is 5.32 Å². The van der Waals surface area contributed by atoms with Crippen LogP contribution in [0.5, 0.6) is 0 Å². The number of nitrogens with one attached hydrogen (secondary N) is 1. The van der Waals surface area contributed by atoms with Crippen LogP contribution in [0.2, 0.25) is 0 Å². The molecular formula is C15H10N4O3S. The highest BCUT2D eigenvalue weighted by Crippen LogP contribution is 2.34. The molecule has 0 fully saturated rings. The molecule has 114 valence electrons. The van der Waals surface area contributed by atoms with Gasteiger partial charge in [-0.3, -0.25) is 19.7 Å². The second-order valence-electron chi connectivity index (χ2n) is 4.45. The number of hydrogen-bond donors (Lipinski definition) is 2. The number of amides is 1. The van der Waals surface area contributed by atoms with Gasteiger partial charge in [0.25, 0.3) is 5.91 Å². The first-order chi connectivity index (χ1) is 11.2. The lowest BCUT2D eigenvalue weighted by Crippen LogP contribution is -2.13. The van der Waals surface area contributed by atoms with Gasteiger partial charge in [-0.2, -0.15) is 0 Å². The minimum Gasteiger partial charge on any atom is -0.478 e. The molecular weight excluding hydrogens is 316 g/mol. The first-order valence-corrected chi connectivity index (χ1v) is 7.37. The Bertz CT molecular complexity index is 850. The Morgan fingerprint density at radius 3 is 2.61 bits per heavy atom. The number of carboxylic acids is 1. The van der Waals surface area contributed by atoms with E-state index in [0.29, 0.717) is 16.8 Å². The van der Waals surface area contributed by atoms with E-state index in [-0.39, 0.29) is 10.6 Å². The summed E-state index contributed by atoms with van der Waals surface area (Å²) in [6.07, 6.45) is 7.42. The number of carboxylic acid groups (broad SMARTS) is 1. The number of pyridine rings is 1. The molecule has 0 saturated carbocycles. The molecule has 0 radical (unpaired) electrons. The minimum absolute atomic E-state index is 0.00672. The van der Waals surface area contributed by atoms with Crippen LogP contribution >= 0.6 is 11.3 Å². The van der Waals surface area contributed by atoms with E-state index >= 15 is 0 Å². The summed E-state index contributed by atoms with van der Waals surface area (Å²) in [4.78, 5) is 35.7. The van der Waals surface area contributed by atoms with Crippen LogP contribution in [0.3, 0.4) is 0 Å². The van der Waals surface area contributed by atoms with Crippen LogP contribution in [0.4, 0.5) is 5.00 Å². The number of aromatic nitrogens is 3. The molecule has 0 aliphatic heterocycles. The van der Waals surface area contributed by atoms with Crippen molar-refractivity contribution in [1.82, 2.24) is 15.0 Å². The molecule has 7 nitrogen and oxygen atoms in total. The highest BCUT2D eigenvalue weighted by molar-refractivity contribution is 7.15. The number of nitrogens with zero attached hydrogens (tertiary/aromatic N) is 3. The lowest BCUT2D eigenvalue weighted by molar-refractivity contribution is 0.0699. The second-order valence-corrected chi connectivity index (χ2v) is 5.32.